The van der Waals surface area contributed by atoms with Gasteiger partial charge >= 0.3 is 6.61 Å². The van der Waals surface area contributed by atoms with Gasteiger partial charge in [-0.3, -0.25) is 9.59 Å². The first-order chi connectivity index (χ1) is 13.8. The number of primary amides is 1. The van der Waals surface area contributed by atoms with E-state index in [-0.39, 0.29) is 30.6 Å². The van der Waals surface area contributed by atoms with Gasteiger partial charge in [-0.05, 0) is 48.4 Å². The number of halogens is 2. The Hall–Kier alpha value is -3.42. The third kappa shape index (κ3) is 6.60. The Balaban J connectivity index is 2.08. The minimum atomic E-state index is -2.96. The second kappa shape index (κ2) is 10.2. The van der Waals surface area contributed by atoms with Gasteiger partial charge in [-0.2, -0.15) is 8.78 Å². The molecule has 154 valence electrons. The summed E-state index contributed by atoms with van der Waals surface area (Å²) in [4.78, 5) is 25.1. The lowest BCUT2D eigenvalue weighted by atomic mass is 10.1. The predicted octanol–water partition coefficient (Wildman–Crippen LogP) is 3.46. The van der Waals surface area contributed by atoms with Crippen LogP contribution in [0.15, 0.2) is 48.5 Å². The zero-order valence-electron chi connectivity index (χ0n) is 16.1. The SMILES string of the molecule is CCOc1cc(C=CC(=O)N(C)Cc2cccc(C(N)=O)c2)ccc1OC(F)F. The second-order valence-corrected chi connectivity index (χ2v) is 6.11. The van der Waals surface area contributed by atoms with Crippen molar-refractivity contribution in [1.29, 1.82) is 0 Å². The van der Waals surface area contributed by atoms with Crippen LogP contribution in [-0.4, -0.2) is 37.0 Å². The van der Waals surface area contributed by atoms with E-state index in [0.717, 1.165) is 5.56 Å². The number of hydrogen-bond donors (Lipinski definition) is 1. The molecule has 29 heavy (non-hydrogen) atoms. The average molecular weight is 404 g/mol. The molecule has 0 aromatic heterocycles. The maximum Gasteiger partial charge on any atom is 0.387 e. The van der Waals surface area contributed by atoms with Crippen molar-refractivity contribution in [2.45, 2.75) is 20.1 Å². The Morgan fingerprint density at radius 3 is 2.59 bits per heavy atom. The molecule has 0 saturated heterocycles. The summed E-state index contributed by atoms with van der Waals surface area (Å²) < 4.78 is 34.7. The zero-order valence-corrected chi connectivity index (χ0v) is 16.1. The van der Waals surface area contributed by atoms with Crippen molar-refractivity contribution in [2.75, 3.05) is 13.7 Å². The number of carbonyl (C=O) groups excluding carboxylic acids is 2. The van der Waals surface area contributed by atoms with E-state index in [9.17, 15) is 18.4 Å². The zero-order chi connectivity index (χ0) is 21.4. The maximum atomic E-state index is 12.5. The molecule has 0 atom stereocenters. The second-order valence-electron chi connectivity index (χ2n) is 6.11. The van der Waals surface area contributed by atoms with Crippen LogP contribution in [0.3, 0.4) is 0 Å². The van der Waals surface area contributed by atoms with Gasteiger partial charge in [0, 0.05) is 25.2 Å². The Labute approximate surface area is 167 Å². The van der Waals surface area contributed by atoms with Crippen molar-refractivity contribution >= 4 is 17.9 Å². The fourth-order valence-corrected chi connectivity index (χ4v) is 2.56. The van der Waals surface area contributed by atoms with Crippen LogP contribution < -0.4 is 15.2 Å². The topological polar surface area (TPSA) is 81.9 Å². The van der Waals surface area contributed by atoms with Crippen molar-refractivity contribution in [3.05, 3.63) is 65.2 Å². The predicted molar refractivity (Wildman–Crippen MR) is 105 cm³/mol. The summed E-state index contributed by atoms with van der Waals surface area (Å²) in [7, 11) is 1.62. The maximum absolute atomic E-state index is 12.5. The van der Waals surface area contributed by atoms with Crippen LogP contribution in [0.25, 0.3) is 6.08 Å². The van der Waals surface area contributed by atoms with Crippen LogP contribution in [0.1, 0.15) is 28.4 Å². The first-order valence-corrected chi connectivity index (χ1v) is 8.83. The van der Waals surface area contributed by atoms with Gasteiger partial charge in [-0.15, -0.1) is 0 Å². The molecule has 0 spiro atoms. The Kier molecular flexibility index (Phi) is 7.70. The monoisotopic (exact) mass is 404 g/mol. The highest BCUT2D eigenvalue weighted by Gasteiger charge is 2.12. The molecule has 6 nitrogen and oxygen atoms in total. The van der Waals surface area contributed by atoms with Gasteiger partial charge < -0.3 is 20.1 Å². The number of carbonyl (C=O) groups is 2. The number of hydrogen-bond acceptors (Lipinski definition) is 4. The largest absolute Gasteiger partial charge is 0.490 e. The van der Waals surface area contributed by atoms with E-state index in [1.54, 1.807) is 50.4 Å². The van der Waals surface area contributed by atoms with Gasteiger partial charge in [-0.25, -0.2) is 0 Å². The van der Waals surface area contributed by atoms with Crippen molar-refractivity contribution in [3.63, 3.8) is 0 Å². The number of alkyl halides is 2. The highest BCUT2D eigenvalue weighted by atomic mass is 19.3. The molecule has 0 fully saturated rings. The Morgan fingerprint density at radius 1 is 1.17 bits per heavy atom. The number of rotatable bonds is 9. The lowest BCUT2D eigenvalue weighted by molar-refractivity contribution is -0.125. The molecule has 0 heterocycles. The van der Waals surface area contributed by atoms with Crippen LogP contribution in [0.2, 0.25) is 0 Å². The van der Waals surface area contributed by atoms with Crippen LogP contribution in [0.5, 0.6) is 11.5 Å². The van der Waals surface area contributed by atoms with E-state index < -0.39 is 12.5 Å². The average Bonchev–Trinajstić information content (AvgIpc) is 2.67. The van der Waals surface area contributed by atoms with E-state index in [0.29, 0.717) is 11.1 Å². The molecule has 2 aromatic rings. The minimum absolute atomic E-state index is 0.0724. The van der Waals surface area contributed by atoms with Gasteiger partial charge in [0.05, 0.1) is 6.61 Å². The first kappa shape index (κ1) is 21.9. The molecular weight excluding hydrogens is 382 g/mol. The van der Waals surface area contributed by atoms with Gasteiger partial charge in [0.1, 0.15) is 0 Å². The summed E-state index contributed by atoms with van der Waals surface area (Å²) in [5.74, 6) is -0.721. The molecular formula is C21H22F2N2O4. The van der Waals surface area contributed by atoms with Crippen molar-refractivity contribution < 1.29 is 27.8 Å². The Morgan fingerprint density at radius 2 is 1.93 bits per heavy atom. The molecule has 0 aliphatic carbocycles. The number of amides is 2. The third-order valence-corrected chi connectivity index (χ3v) is 3.91. The highest BCUT2D eigenvalue weighted by Crippen LogP contribution is 2.30. The van der Waals surface area contributed by atoms with Gasteiger partial charge in [0.15, 0.2) is 11.5 Å². The molecule has 2 rings (SSSR count). The summed E-state index contributed by atoms with van der Waals surface area (Å²) in [6.07, 6.45) is 2.91. The summed E-state index contributed by atoms with van der Waals surface area (Å²) in [5, 5.41) is 0. The number of likely N-dealkylation sites (N-methyl/N-ethyl adjacent to an activating group) is 1. The smallest absolute Gasteiger partial charge is 0.387 e. The van der Waals surface area contributed by atoms with Gasteiger partial charge in [-0.1, -0.05) is 18.2 Å². The van der Waals surface area contributed by atoms with Crippen LogP contribution in [0, 0.1) is 0 Å². The summed E-state index contributed by atoms with van der Waals surface area (Å²) >= 11 is 0. The minimum Gasteiger partial charge on any atom is -0.490 e. The number of ether oxygens (including phenoxy) is 2. The number of benzene rings is 2. The van der Waals surface area contributed by atoms with Crippen LogP contribution in [0.4, 0.5) is 8.78 Å². The van der Waals surface area contributed by atoms with Crippen molar-refractivity contribution in [3.8, 4) is 11.5 Å². The van der Waals surface area contributed by atoms with E-state index >= 15 is 0 Å². The molecule has 8 heteroatoms. The number of nitrogens with two attached hydrogens (primary N) is 1. The summed E-state index contributed by atoms with van der Waals surface area (Å²) in [6, 6.07) is 11.1. The van der Waals surface area contributed by atoms with E-state index in [4.69, 9.17) is 10.5 Å². The van der Waals surface area contributed by atoms with Gasteiger partial charge in [0.2, 0.25) is 11.8 Å². The number of nitrogens with zero attached hydrogens (tertiary/aromatic N) is 1. The van der Waals surface area contributed by atoms with Crippen LogP contribution in [-0.2, 0) is 11.3 Å². The first-order valence-electron chi connectivity index (χ1n) is 8.83. The quantitative estimate of drug-likeness (QED) is 0.649. The molecule has 0 bridgehead atoms. The van der Waals surface area contributed by atoms with Crippen molar-refractivity contribution in [2.24, 2.45) is 5.73 Å². The normalized spacial score (nSPS) is 10.9. The molecule has 0 aliphatic rings. The molecule has 2 amide bonds. The standard InChI is InChI=1S/C21H22F2N2O4/c1-3-28-18-12-14(7-9-17(18)29-21(22)23)8-10-19(26)25(2)13-15-5-4-6-16(11-15)20(24)27/h4-12,21H,3,13H2,1-2H3,(H2,24,27). The molecule has 0 aliphatic heterocycles. The lowest BCUT2D eigenvalue weighted by Gasteiger charge is -2.15. The molecule has 0 saturated carbocycles. The molecule has 2 N–H and O–H groups in total. The van der Waals surface area contributed by atoms with E-state index in [2.05, 4.69) is 4.74 Å². The molecule has 0 radical (unpaired) electrons. The van der Waals surface area contributed by atoms with Gasteiger partial charge in [0.25, 0.3) is 0 Å². The third-order valence-electron chi connectivity index (χ3n) is 3.91. The summed E-state index contributed by atoms with van der Waals surface area (Å²) in [5.41, 5.74) is 6.99. The molecule has 0 unspecified atom stereocenters. The fraction of sp³-hybridized carbons (Fsp3) is 0.238. The molecule has 2 aromatic carbocycles. The fourth-order valence-electron chi connectivity index (χ4n) is 2.56. The summed E-state index contributed by atoms with van der Waals surface area (Å²) in [6.45, 7) is -0.673. The Bertz CT molecular complexity index is 900. The van der Waals surface area contributed by atoms with E-state index in [1.807, 2.05) is 0 Å². The van der Waals surface area contributed by atoms with Crippen molar-refractivity contribution in [1.82, 2.24) is 4.90 Å². The highest BCUT2D eigenvalue weighted by molar-refractivity contribution is 5.93. The van der Waals surface area contributed by atoms with E-state index in [1.165, 1.54) is 23.1 Å². The lowest BCUT2D eigenvalue weighted by Crippen LogP contribution is -2.24. The van der Waals surface area contributed by atoms with Crippen LogP contribution >= 0.6 is 0 Å².